The van der Waals surface area contributed by atoms with Gasteiger partial charge in [-0.15, -0.1) is 11.3 Å². The predicted molar refractivity (Wildman–Crippen MR) is 117 cm³/mol. The Morgan fingerprint density at radius 1 is 1.17 bits per heavy atom. The molecule has 2 aromatic heterocycles. The summed E-state index contributed by atoms with van der Waals surface area (Å²) in [4.78, 5) is 22.0. The van der Waals surface area contributed by atoms with Crippen molar-refractivity contribution in [2.45, 2.75) is 13.5 Å². The van der Waals surface area contributed by atoms with Crippen molar-refractivity contribution in [2.75, 3.05) is 21.3 Å². The van der Waals surface area contributed by atoms with Gasteiger partial charge in [-0.3, -0.25) is 9.78 Å². The lowest BCUT2D eigenvalue weighted by atomic mass is 10.1. The minimum absolute atomic E-state index is 0.209. The van der Waals surface area contributed by atoms with Crippen molar-refractivity contribution in [3.05, 3.63) is 58.9 Å². The summed E-state index contributed by atoms with van der Waals surface area (Å²) in [6, 6.07) is 7.40. The van der Waals surface area contributed by atoms with Crippen LogP contribution < -0.4 is 19.5 Å². The molecule has 2 heterocycles. The first-order valence-electron chi connectivity index (χ1n) is 9.18. The zero-order valence-corrected chi connectivity index (χ0v) is 18.1. The van der Waals surface area contributed by atoms with Crippen LogP contribution in [0.1, 0.15) is 16.1 Å². The number of hydrogen-bond donors (Lipinski definition) is 1. The average Bonchev–Trinajstić information content (AvgIpc) is 3.16. The van der Waals surface area contributed by atoms with Crippen LogP contribution in [0.3, 0.4) is 0 Å². The van der Waals surface area contributed by atoms with Crippen LogP contribution in [0.2, 0.25) is 0 Å². The molecule has 0 fully saturated rings. The van der Waals surface area contributed by atoms with Gasteiger partial charge in [0, 0.05) is 28.9 Å². The van der Waals surface area contributed by atoms with Gasteiger partial charge in [0.2, 0.25) is 11.7 Å². The van der Waals surface area contributed by atoms with Crippen molar-refractivity contribution in [1.82, 2.24) is 15.3 Å². The molecule has 0 unspecified atom stereocenters. The summed E-state index contributed by atoms with van der Waals surface area (Å²) in [7, 11) is 4.65. The molecule has 3 aromatic rings. The van der Waals surface area contributed by atoms with Crippen LogP contribution in [0.15, 0.2) is 42.7 Å². The minimum Gasteiger partial charge on any atom is -0.493 e. The molecule has 156 valence electrons. The smallest absolute Gasteiger partial charge is 0.244 e. The number of thiazole rings is 1. The number of aromatic nitrogens is 2. The van der Waals surface area contributed by atoms with Crippen LogP contribution in [-0.4, -0.2) is 37.2 Å². The molecule has 3 rings (SSSR count). The Balaban J connectivity index is 1.67. The number of benzene rings is 1. The molecule has 0 aliphatic rings. The molecule has 0 aliphatic heterocycles. The fourth-order valence-corrected chi connectivity index (χ4v) is 3.79. The molecule has 8 heteroatoms. The number of nitrogens with zero attached hydrogens (tertiary/aromatic N) is 2. The molecule has 7 nitrogen and oxygen atoms in total. The molecule has 1 N–H and O–H groups in total. The third-order valence-corrected chi connectivity index (χ3v) is 5.55. The highest BCUT2D eigenvalue weighted by molar-refractivity contribution is 7.15. The van der Waals surface area contributed by atoms with Gasteiger partial charge in [-0.2, -0.15) is 0 Å². The van der Waals surface area contributed by atoms with Gasteiger partial charge in [0.05, 0.1) is 33.6 Å². The molecule has 0 atom stereocenters. The molecule has 0 bridgehead atoms. The number of hydrogen-bond acceptors (Lipinski definition) is 7. The first-order valence-corrected chi connectivity index (χ1v) is 10.00. The Morgan fingerprint density at radius 2 is 1.90 bits per heavy atom. The second-order valence-corrected chi connectivity index (χ2v) is 7.36. The zero-order chi connectivity index (χ0) is 21.5. The fourth-order valence-electron chi connectivity index (χ4n) is 2.80. The third-order valence-electron chi connectivity index (χ3n) is 4.34. The molecule has 0 spiro atoms. The Hall–Kier alpha value is -3.39. The van der Waals surface area contributed by atoms with Crippen molar-refractivity contribution < 1.29 is 19.0 Å². The number of carbonyl (C=O) groups is 1. The highest BCUT2D eigenvalue weighted by Gasteiger charge is 2.13. The SMILES string of the molecule is COc1cc(/C=C/C(=O)NCc2sc(-c3cccnc3)nc2C)cc(OC)c1OC. The van der Waals surface area contributed by atoms with Crippen LogP contribution in [-0.2, 0) is 11.3 Å². The van der Waals surface area contributed by atoms with E-state index in [-0.39, 0.29) is 5.91 Å². The fraction of sp³-hybridized carbons (Fsp3) is 0.227. The molecule has 0 saturated heterocycles. The second-order valence-electron chi connectivity index (χ2n) is 6.28. The van der Waals surface area contributed by atoms with Crippen molar-refractivity contribution in [1.29, 1.82) is 0 Å². The maximum absolute atomic E-state index is 12.3. The second kappa shape index (κ2) is 9.89. The molecule has 1 amide bonds. The van der Waals surface area contributed by atoms with Crippen LogP contribution in [0.4, 0.5) is 0 Å². The van der Waals surface area contributed by atoms with Gasteiger partial charge in [-0.25, -0.2) is 4.98 Å². The summed E-state index contributed by atoms with van der Waals surface area (Å²) in [5, 5.41) is 3.78. The summed E-state index contributed by atoms with van der Waals surface area (Å²) in [5.74, 6) is 1.35. The van der Waals surface area contributed by atoms with Gasteiger partial charge in [-0.1, -0.05) is 0 Å². The number of methoxy groups -OCH3 is 3. The van der Waals surface area contributed by atoms with E-state index in [1.165, 1.54) is 6.08 Å². The van der Waals surface area contributed by atoms with E-state index in [0.29, 0.717) is 23.8 Å². The van der Waals surface area contributed by atoms with Gasteiger partial charge in [0.15, 0.2) is 11.5 Å². The Bertz CT molecular complexity index is 1020. The Morgan fingerprint density at radius 3 is 2.50 bits per heavy atom. The van der Waals surface area contributed by atoms with Crippen LogP contribution >= 0.6 is 11.3 Å². The number of ether oxygens (including phenoxy) is 3. The van der Waals surface area contributed by atoms with Crippen molar-refractivity contribution >= 4 is 23.3 Å². The number of carbonyl (C=O) groups excluding carboxylic acids is 1. The molecule has 0 saturated carbocycles. The summed E-state index contributed by atoms with van der Waals surface area (Å²) in [5.41, 5.74) is 2.62. The number of rotatable bonds is 8. The third kappa shape index (κ3) is 4.96. The molecule has 0 radical (unpaired) electrons. The number of nitrogens with one attached hydrogen (secondary N) is 1. The molecule has 30 heavy (non-hydrogen) atoms. The normalized spacial score (nSPS) is 10.8. The summed E-state index contributed by atoms with van der Waals surface area (Å²) < 4.78 is 16.0. The average molecular weight is 426 g/mol. The quantitative estimate of drug-likeness (QED) is 0.552. The van der Waals surface area contributed by atoms with E-state index in [1.807, 2.05) is 19.1 Å². The van der Waals surface area contributed by atoms with Crippen LogP contribution in [0.5, 0.6) is 17.2 Å². The first-order chi connectivity index (χ1) is 14.5. The monoisotopic (exact) mass is 425 g/mol. The Kier molecular flexibility index (Phi) is 7.03. The molecular formula is C22H23N3O4S. The number of aryl methyl sites for hydroxylation is 1. The largest absolute Gasteiger partial charge is 0.493 e. The van der Waals surface area contributed by atoms with E-state index >= 15 is 0 Å². The van der Waals surface area contributed by atoms with Gasteiger partial charge in [0.1, 0.15) is 5.01 Å². The Labute approximate surface area is 179 Å². The van der Waals surface area contributed by atoms with Gasteiger partial charge < -0.3 is 19.5 Å². The van der Waals surface area contributed by atoms with E-state index in [1.54, 1.807) is 63.3 Å². The van der Waals surface area contributed by atoms with Crippen molar-refractivity contribution in [3.63, 3.8) is 0 Å². The first kappa shape index (κ1) is 21.3. The van der Waals surface area contributed by atoms with E-state index in [4.69, 9.17) is 14.2 Å². The van der Waals surface area contributed by atoms with E-state index in [0.717, 1.165) is 26.7 Å². The van der Waals surface area contributed by atoms with Gasteiger partial charge in [-0.05, 0) is 42.8 Å². The van der Waals surface area contributed by atoms with Crippen LogP contribution in [0, 0.1) is 6.92 Å². The summed E-state index contributed by atoms with van der Waals surface area (Å²) in [6.45, 7) is 2.34. The molecule has 0 aliphatic carbocycles. The summed E-state index contributed by atoms with van der Waals surface area (Å²) in [6.07, 6.45) is 6.67. The predicted octanol–water partition coefficient (Wildman–Crippen LogP) is 3.87. The lowest BCUT2D eigenvalue weighted by Crippen LogP contribution is -2.20. The maximum Gasteiger partial charge on any atom is 0.244 e. The lowest BCUT2D eigenvalue weighted by molar-refractivity contribution is -0.116. The number of amides is 1. The highest BCUT2D eigenvalue weighted by atomic mass is 32.1. The van der Waals surface area contributed by atoms with E-state index in [2.05, 4.69) is 15.3 Å². The van der Waals surface area contributed by atoms with Gasteiger partial charge in [0.25, 0.3) is 0 Å². The lowest BCUT2D eigenvalue weighted by Gasteiger charge is -2.12. The van der Waals surface area contributed by atoms with Crippen molar-refractivity contribution in [3.8, 4) is 27.8 Å². The van der Waals surface area contributed by atoms with E-state index < -0.39 is 0 Å². The van der Waals surface area contributed by atoms with Crippen molar-refractivity contribution in [2.24, 2.45) is 0 Å². The molecular weight excluding hydrogens is 402 g/mol. The standard InChI is InChI=1S/C22H23N3O4S/c1-14-19(30-22(25-14)16-6-5-9-23-12-16)13-24-20(26)8-7-15-10-17(27-2)21(29-4)18(11-15)28-3/h5-12H,13H2,1-4H3,(H,24,26)/b8-7+. The van der Waals surface area contributed by atoms with Crippen LogP contribution in [0.25, 0.3) is 16.6 Å². The summed E-state index contributed by atoms with van der Waals surface area (Å²) >= 11 is 1.55. The minimum atomic E-state index is -0.209. The number of pyridine rings is 1. The molecule has 1 aromatic carbocycles. The van der Waals surface area contributed by atoms with E-state index in [9.17, 15) is 4.79 Å². The highest BCUT2D eigenvalue weighted by Crippen LogP contribution is 2.38. The maximum atomic E-state index is 12.3. The zero-order valence-electron chi connectivity index (χ0n) is 17.3. The van der Waals surface area contributed by atoms with Gasteiger partial charge >= 0.3 is 0 Å². The topological polar surface area (TPSA) is 82.6 Å².